The summed E-state index contributed by atoms with van der Waals surface area (Å²) in [6, 6.07) is 8.18. The fraction of sp³-hybridized carbons (Fsp3) is 0.0833. The molecule has 0 aliphatic carbocycles. The molecule has 0 saturated heterocycles. The SMILES string of the molecule is Nc1cccnc1Oc1ccc(OC(F)(F)F)cc1. The van der Waals surface area contributed by atoms with Crippen LogP contribution in [0.3, 0.4) is 0 Å². The van der Waals surface area contributed by atoms with Crippen LogP contribution in [0.2, 0.25) is 0 Å². The van der Waals surface area contributed by atoms with Gasteiger partial charge in [-0.2, -0.15) is 0 Å². The third-order valence-corrected chi connectivity index (χ3v) is 2.07. The first-order chi connectivity index (χ1) is 8.94. The van der Waals surface area contributed by atoms with Crippen molar-refractivity contribution in [3.63, 3.8) is 0 Å². The first kappa shape index (κ1) is 13.0. The van der Waals surface area contributed by atoms with Gasteiger partial charge in [-0.1, -0.05) is 0 Å². The summed E-state index contributed by atoms with van der Waals surface area (Å²) >= 11 is 0. The molecule has 0 radical (unpaired) electrons. The van der Waals surface area contributed by atoms with Crippen LogP contribution in [-0.2, 0) is 0 Å². The molecule has 0 spiro atoms. The molecule has 0 unspecified atom stereocenters. The number of alkyl halides is 3. The maximum Gasteiger partial charge on any atom is 0.573 e. The molecule has 1 heterocycles. The number of pyridine rings is 1. The molecule has 2 N–H and O–H groups in total. The van der Waals surface area contributed by atoms with Crippen molar-refractivity contribution in [2.45, 2.75) is 6.36 Å². The van der Waals surface area contributed by atoms with Gasteiger partial charge in [0.15, 0.2) is 0 Å². The fourth-order valence-electron chi connectivity index (χ4n) is 1.31. The lowest BCUT2D eigenvalue weighted by Gasteiger charge is -2.10. The highest BCUT2D eigenvalue weighted by molar-refractivity contribution is 5.49. The Morgan fingerprint density at radius 1 is 1.00 bits per heavy atom. The van der Waals surface area contributed by atoms with Crippen LogP contribution in [0.5, 0.6) is 17.4 Å². The minimum absolute atomic E-state index is 0.187. The molecule has 0 amide bonds. The number of hydrogen-bond donors (Lipinski definition) is 1. The van der Waals surface area contributed by atoms with Crippen LogP contribution < -0.4 is 15.2 Å². The van der Waals surface area contributed by atoms with E-state index in [2.05, 4.69) is 9.72 Å². The molecule has 0 aliphatic heterocycles. The van der Waals surface area contributed by atoms with Crippen LogP contribution >= 0.6 is 0 Å². The molecule has 0 fully saturated rings. The van der Waals surface area contributed by atoms with Crippen molar-refractivity contribution in [2.75, 3.05) is 5.73 Å². The Hall–Kier alpha value is -2.44. The van der Waals surface area contributed by atoms with Crippen molar-refractivity contribution < 1.29 is 22.6 Å². The Kier molecular flexibility index (Phi) is 3.46. The zero-order chi connectivity index (χ0) is 13.9. The summed E-state index contributed by atoms with van der Waals surface area (Å²) in [6.45, 7) is 0. The van der Waals surface area contributed by atoms with Crippen molar-refractivity contribution in [3.8, 4) is 17.4 Å². The highest BCUT2D eigenvalue weighted by atomic mass is 19.4. The Morgan fingerprint density at radius 2 is 1.63 bits per heavy atom. The number of anilines is 1. The van der Waals surface area contributed by atoms with Gasteiger partial charge in [0.05, 0.1) is 5.69 Å². The van der Waals surface area contributed by atoms with Gasteiger partial charge in [0.2, 0.25) is 5.88 Å². The largest absolute Gasteiger partial charge is 0.573 e. The lowest BCUT2D eigenvalue weighted by atomic mass is 10.3. The second-order valence-electron chi connectivity index (χ2n) is 3.52. The maximum absolute atomic E-state index is 12.0. The van der Waals surface area contributed by atoms with Crippen LogP contribution in [0, 0.1) is 0 Å². The number of rotatable bonds is 3. The van der Waals surface area contributed by atoms with E-state index in [0.717, 1.165) is 12.1 Å². The Balaban J connectivity index is 2.09. The average molecular weight is 270 g/mol. The lowest BCUT2D eigenvalue weighted by Crippen LogP contribution is -2.16. The second-order valence-corrected chi connectivity index (χ2v) is 3.52. The molecule has 0 saturated carbocycles. The summed E-state index contributed by atoms with van der Waals surface area (Å²) in [6.07, 6.45) is -3.22. The van der Waals surface area contributed by atoms with E-state index in [1.165, 1.54) is 18.3 Å². The minimum atomic E-state index is -4.71. The van der Waals surface area contributed by atoms with E-state index in [1.54, 1.807) is 12.1 Å². The van der Waals surface area contributed by atoms with Gasteiger partial charge in [-0.3, -0.25) is 0 Å². The molecular formula is C12H9F3N2O2. The molecule has 0 aliphatic rings. The van der Waals surface area contributed by atoms with Gasteiger partial charge in [-0.25, -0.2) is 4.98 Å². The maximum atomic E-state index is 12.0. The van der Waals surface area contributed by atoms with Crippen molar-refractivity contribution in [1.29, 1.82) is 0 Å². The number of benzene rings is 1. The van der Waals surface area contributed by atoms with Gasteiger partial charge in [0.1, 0.15) is 11.5 Å². The first-order valence-electron chi connectivity index (χ1n) is 5.18. The van der Waals surface area contributed by atoms with Gasteiger partial charge in [0.25, 0.3) is 0 Å². The summed E-state index contributed by atoms with van der Waals surface area (Å²) in [5, 5.41) is 0. The van der Waals surface area contributed by atoms with Gasteiger partial charge in [-0.15, -0.1) is 13.2 Å². The monoisotopic (exact) mass is 270 g/mol. The van der Waals surface area contributed by atoms with Gasteiger partial charge in [0, 0.05) is 6.20 Å². The zero-order valence-corrected chi connectivity index (χ0v) is 9.52. The Labute approximate surface area is 106 Å². The second kappa shape index (κ2) is 5.05. The normalized spacial score (nSPS) is 11.1. The summed E-state index contributed by atoms with van der Waals surface area (Å²) in [5.41, 5.74) is 5.95. The Bertz CT molecular complexity index is 556. The predicted molar refractivity (Wildman–Crippen MR) is 61.8 cm³/mol. The van der Waals surface area contributed by atoms with E-state index < -0.39 is 6.36 Å². The third kappa shape index (κ3) is 3.77. The number of nitrogen functional groups attached to an aromatic ring is 1. The van der Waals surface area contributed by atoms with Crippen molar-refractivity contribution in [1.82, 2.24) is 4.98 Å². The number of halogens is 3. The highest BCUT2D eigenvalue weighted by Crippen LogP contribution is 2.28. The molecule has 1 aromatic heterocycles. The van der Waals surface area contributed by atoms with E-state index in [0.29, 0.717) is 11.4 Å². The fourth-order valence-corrected chi connectivity index (χ4v) is 1.31. The summed E-state index contributed by atoms with van der Waals surface area (Å²) < 4.78 is 44.9. The van der Waals surface area contributed by atoms with E-state index >= 15 is 0 Å². The standard InChI is InChI=1S/C12H9F3N2O2/c13-12(14,15)19-9-5-3-8(4-6-9)18-11-10(16)2-1-7-17-11/h1-7H,16H2. The number of hydrogen-bond acceptors (Lipinski definition) is 4. The van der Waals surface area contributed by atoms with Crippen molar-refractivity contribution in [2.24, 2.45) is 0 Å². The molecule has 2 aromatic rings. The molecule has 0 atom stereocenters. The summed E-state index contributed by atoms with van der Waals surface area (Å²) in [7, 11) is 0. The minimum Gasteiger partial charge on any atom is -0.437 e. The van der Waals surface area contributed by atoms with Crippen LogP contribution in [0.25, 0.3) is 0 Å². The zero-order valence-electron chi connectivity index (χ0n) is 9.52. The number of nitrogens with zero attached hydrogens (tertiary/aromatic N) is 1. The molecule has 1 aromatic carbocycles. The van der Waals surface area contributed by atoms with E-state index in [4.69, 9.17) is 10.5 Å². The number of nitrogens with two attached hydrogens (primary N) is 1. The smallest absolute Gasteiger partial charge is 0.437 e. The van der Waals surface area contributed by atoms with Crippen molar-refractivity contribution in [3.05, 3.63) is 42.6 Å². The first-order valence-corrected chi connectivity index (χ1v) is 5.18. The van der Waals surface area contributed by atoms with Gasteiger partial charge in [-0.05, 0) is 36.4 Å². The number of aromatic nitrogens is 1. The average Bonchev–Trinajstić information content (AvgIpc) is 2.33. The molecular weight excluding hydrogens is 261 g/mol. The lowest BCUT2D eigenvalue weighted by molar-refractivity contribution is -0.274. The van der Waals surface area contributed by atoms with E-state index in [9.17, 15) is 13.2 Å². The summed E-state index contributed by atoms with van der Waals surface area (Å²) in [4.78, 5) is 3.90. The molecule has 0 bridgehead atoms. The van der Waals surface area contributed by atoms with Crippen molar-refractivity contribution >= 4 is 5.69 Å². The van der Waals surface area contributed by atoms with Crippen LogP contribution in [0.4, 0.5) is 18.9 Å². The third-order valence-electron chi connectivity index (χ3n) is 2.07. The van der Waals surface area contributed by atoms with Crippen LogP contribution in [-0.4, -0.2) is 11.3 Å². The van der Waals surface area contributed by atoms with E-state index in [1.807, 2.05) is 0 Å². The Morgan fingerprint density at radius 3 is 2.21 bits per heavy atom. The molecule has 19 heavy (non-hydrogen) atoms. The van der Waals surface area contributed by atoms with Gasteiger partial charge < -0.3 is 15.2 Å². The molecule has 2 rings (SSSR count). The van der Waals surface area contributed by atoms with Crippen LogP contribution in [0.15, 0.2) is 42.6 Å². The predicted octanol–water partition coefficient (Wildman–Crippen LogP) is 3.35. The number of ether oxygens (including phenoxy) is 2. The van der Waals surface area contributed by atoms with Crippen LogP contribution in [0.1, 0.15) is 0 Å². The molecule has 7 heteroatoms. The van der Waals surface area contributed by atoms with Gasteiger partial charge >= 0.3 is 6.36 Å². The summed E-state index contributed by atoms with van der Waals surface area (Å²) in [5.74, 6) is 0.167. The highest BCUT2D eigenvalue weighted by Gasteiger charge is 2.30. The molecule has 100 valence electrons. The topological polar surface area (TPSA) is 57.4 Å². The van der Waals surface area contributed by atoms with E-state index in [-0.39, 0.29) is 11.6 Å². The quantitative estimate of drug-likeness (QED) is 0.929. The molecule has 4 nitrogen and oxygen atoms in total.